The lowest BCUT2D eigenvalue weighted by Gasteiger charge is -2.27. The summed E-state index contributed by atoms with van der Waals surface area (Å²) in [7, 11) is 1.85. The first-order chi connectivity index (χ1) is 13.7. The van der Waals surface area contributed by atoms with Crippen LogP contribution >= 0.6 is 0 Å². The number of benzene rings is 1. The Bertz CT molecular complexity index is 1190. The lowest BCUT2D eigenvalue weighted by molar-refractivity contribution is -0.116. The summed E-state index contributed by atoms with van der Waals surface area (Å²) in [6, 6.07) is 11.3. The third kappa shape index (κ3) is 2.75. The van der Waals surface area contributed by atoms with E-state index in [2.05, 4.69) is 25.7 Å². The quantitative estimate of drug-likeness (QED) is 0.575. The van der Waals surface area contributed by atoms with Crippen molar-refractivity contribution in [2.45, 2.75) is 12.5 Å². The number of nitrogens with one attached hydrogen (secondary N) is 2. The highest BCUT2D eigenvalue weighted by atomic mass is 16.1. The van der Waals surface area contributed by atoms with Gasteiger partial charge in [0.25, 0.3) is 0 Å². The molecule has 0 fully saturated rings. The maximum atomic E-state index is 12.2. The van der Waals surface area contributed by atoms with Gasteiger partial charge in [-0.1, -0.05) is 18.2 Å². The van der Waals surface area contributed by atoms with Crippen molar-refractivity contribution in [2.24, 2.45) is 7.05 Å². The first-order valence-corrected chi connectivity index (χ1v) is 8.94. The maximum absolute atomic E-state index is 12.2. The SMILES string of the molecule is Cn1ncc2c(N[C@@H]3CC(=O)Nc4ccccc43)nc(-c3ccncc3)nc21. The van der Waals surface area contributed by atoms with Crippen LogP contribution in [0.25, 0.3) is 22.4 Å². The number of fused-ring (bicyclic) bond motifs is 2. The topological polar surface area (TPSA) is 97.6 Å². The van der Waals surface area contributed by atoms with Crippen molar-refractivity contribution < 1.29 is 4.79 Å². The van der Waals surface area contributed by atoms with Crippen molar-refractivity contribution in [3.8, 4) is 11.4 Å². The maximum Gasteiger partial charge on any atom is 0.226 e. The number of carbonyl (C=O) groups excluding carboxylic acids is 1. The standard InChI is InChI=1S/C20H17N7O/c1-27-20-14(11-22-27)19(25-18(26-20)12-6-8-21-9-7-12)24-16-10-17(28)23-15-5-3-2-4-13(15)16/h2-9,11,16H,10H2,1H3,(H,23,28)(H,24,25,26)/t16-/m1/s1. The summed E-state index contributed by atoms with van der Waals surface area (Å²) in [5.74, 6) is 1.20. The Hall–Kier alpha value is -3.81. The van der Waals surface area contributed by atoms with Crippen molar-refractivity contribution in [3.05, 3.63) is 60.6 Å². The molecule has 0 saturated heterocycles. The summed E-state index contributed by atoms with van der Waals surface area (Å²) in [5, 5.41) is 11.5. The van der Waals surface area contributed by atoms with E-state index in [9.17, 15) is 4.79 Å². The summed E-state index contributed by atoms with van der Waals surface area (Å²) in [6.07, 6.45) is 5.48. The third-order valence-electron chi connectivity index (χ3n) is 4.84. The first kappa shape index (κ1) is 16.4. The highest BCUT2D eigenvalue weighted by Gasteiger charge is 2.26. The van der Waals surface area contributed by atoms with Crippen LogP contribution in [-0.4, -0.2) is 30.6 Å². The fourth-order valence-corrected chi connectivity index (χ4v) is 3.47. The van der Waals surface area contributed by atoms with Crippen LogP contribution in [0.15, 0.2) is 55.0 Å². The highest BCUT2D eigenvalue weighted by Crippen LogP contribution is 2.34. The van der Waals surface area contributed by atoms with Crippen LogP contribution in [0.4, 0.5) is 11.5 Å². The fourth-order valence-electron chi connectivity index (χ4n) is 3.47. The Kier molecular flexibility index (Phi) is 3.75. The van der Waals surface area contributed by atoms with Gasteiger partial charge in [0.1, 0.15) is 5.82 Å². The van der Waals surface area contributed by atoms with Gasteiger partial charge in [-0.25, -0.2) is 9.97 Å². The molecule has 4 heterocycles. The van der Waals surface area contributed by atoms with Crippen LogP contribution in [0.5, 0.6) is 0 Å². The molecule has 0 aliphatic carbocycles. The van der Waals surface area contributed by atoms with E-state index in [1.807, 2.05) is 43.4 Å². The number of aryl methyl sites for hydroxylation is 1. The number of para-hydroxylation sites is 1. The molecular formula is C20H17N7O. The summed E-state index contributed by atoms with van der Waals surface area (Å²) in [6.45, 7) is 0. The summed E-state index contributed by atoms with van der Waals surface area (Å²) in [4.78, 5) is 25.6. The van der Waals surface area contributed by atoms with Gasteiger partial charge in [0, 0.05) is 30.7 Å². The molecule has 0 spiro atoms. The van der Waals surface area contributed by atoms with Gasteiger partial charge in [0.15, 0.2) is 11.5 Å². The van der Waals surface area contributed by atoms with Crippen molar-refractivity contribution in [2.75, 3.05) is 10.6 Å². The molecule has 1 aliphatic heterocycles. The van der Waals surface area contributed by atoms with E-state index in [4.69, 9.17) is 4.98 Å². The molecule has 3 aromatic heterocycles. The Labute approximate surface area is 160 Å². The van der Waals surface area contributed by atoms with Gasteiger partial charge in [0.2, 0.25) is 5.91 Å². The zero-order valence-corrected chi connectivity index (χ0v) is 15.1. The van der Waals surface area contributed by atoms with Gasteiger partial charge in [-0.2, -0.15) is 5.10 Å². The molecule has 5 rings (SSSR count). The van der Waals surface area contributed by atoms with Gasteiger partial charge < -0.3 is 10.6 Å². The molecule has 1 aliphatic rings. The molecule has 8 heteroatoms. The Morgan fingerprint density at radius 1 is 1.14 bits per heavy atom. The summed E-state index contributed by atoms with van der Waals surface area (Å²) >= 11 is 0. The monoisotopic (exact) mass is 371 g/mol. The molecule has 1 atom stereocenters. The fraction of sp³-hybridized carbons (Fsp3) is 0.150. The lowest BCUT2D eigenvalue weighted by atomic mass is 9.97. The van der Waals surface area contributed by atoms with Crippen LogP contribution in [-0.2, 0) is 11.8 Å². The number of aromatic nitrogens is 5. The number of amides is 1. The zero-order chi connectivity index (χ0) is 19.1. The molecule has 8 nitrogen and oxygen atoms in total. The van der Waals surface area contributed by atoms with Crippen LogP contribution < -0.4 is 10.6 Å². The number of hydrogen-bond acceptors (Lipinski definition) is 6. The Morgan fingerprint density at radius 3 is 2.82 bits per heavy atom. The summed E-state index contributed by atoms with van der Waals surface area (Å²) in [5.41, 5.74) is 3.44. The van der Waals surface area contributed by atoms with Crippen LogP contribution in [0.3, 0.4) is 0 Å². The Balaban J connectivity index is 1.62. The van der Waals surface area contributed by atoms with Crippen molar-refractivity contribution in [3.63, 3.8) is 0 Å². The zero-order valence-electron chi connectivity index (χ0n) is 15.1. The smallest absolute Gasteiger partial charge is 0.226 e. The molecule has 0 radical (unpaired) electrons. The van der Waals surface area contributed by atoms with E-state index in [-0.39, 0.29) is 11.9 Å². The predicted octanol–water partition coefficient (Wildman–Crippen LogP) is 2.92. The van der Waals surface area contributed by atoms with Crippen molar-refractivity contribution in [1.82, 2.24) is 24.7 Å². The van der Waals surface area contributed by atoms with Crippen molar-refractivity contribution in [1.29, 1.82) is 0 Å². The number of carbonyl (C=O) groups is 1. The van der Waals surface area contributed by atoms with E-state index in [1.165, 1.54) is 0 Å². The minimum Gasteiger partial charge on any atom is -0.362 e. The lowest BCUT2D eigenvalue weighted by Crippen LogP contribution is -2.27. The second kappa shape index (κ2) is 6.41. The molecule has 0 unspecified atom stereocenters. The molecule has 1 amide bonds. The van der Waals surface area contributed by atoms with E-state index in [1.54, 1.807) is 23.3 Å². The van der Waals surface area contributed by atoms with Gasteiger partial charge in [-0.15, -0.1) is 0 Å². The average Bonchev–Trinajstić information content (AvgIpc) is 3.10. The molecule has 1 aromatic carbocycles. The first-order valence-electron chi connectivity index (χ1n) is 8.94. The van der Waals surface area contributed by atoms with Gasteiger partial charge >= 0.3 is 0 Å². The molecule has 28 heavy (non-hydrogen) atoms. The van der Waals surface area contributed by atoms with Crippen molar-refractivity contribution >= 4 is 28.4 Å². The molecule has 138 valence electrons. The minimum atomic E-state index is -0.187. The minimum absolute atomic E-state index is 0.0259. The summed E-state index contributed by atoms with van der Waals surface area (Å²) < 4.78 is 1.72. The van der Waals surface area contributed by atoms with E-state index in [0.717, 1.165) is 27.8 Å². The van der Waals surface area contributed by atoms with E-state index in [0.29, 0.717) is 18.1 Å². The number of hydrogen-bond donors (Lipinski definition) is 2. The Morgan fingerprint density at radius 2 is 1.96 bits per heavy atom. The number of nitrogens with zero attached hydrogens (tertiary/aromatic N) is 5. The van der Waals surface area contributed by atoms with Gasteiger partial charge in [-0.3, -0.25) is 14.5 Å². The van der Waals surface area contributed by atoms with E-state index < -0.39 is 0 Å². The van der Waals surface area contributed by atoms with Crippen LogP contribution in [0.2, 0.25) is 0 Å². The number of rotatable bonds is 3. The largest absolute Gasteiger partial charge is 0.362 e. The second-order valence-electron chi connectivity index (χ2n) is 6.67. The third-order valence-corrected chi connectivity index (χ3v) is 4.84. The second-order valence-corrected chi connectivity index (χ2v) is 6.67. The van der Waals surface area contributed by atoms with Crippen LogP contribution in [0.1, 0.15) is 18.0 Å². The number of pyridine rings is 1. The molecule has 0 saturated carbocycles. The molecule has 2 N–H and O–H groups in total. The predicted molar refractivity (Wildman–Crippen MR) is 106 cm³/mol. The van der Waals surface area contributed by atoms with Gasteiger partial charge in [0.05, 0.1) is 24.0 Å². The normalized spacial score (nSPS) is 15.9. The van der Waals surface area contributed by atoms with E-state index >= 15 is 0 Å². The van der Waals surface area contributed by atoms with Gasteiger partial charge in [-0.05, 0) is 23.8 Å². The molecule has 4 aromatic rings. The molecule has 0 bridgehead atoms. The highest BCUT2D eigenvalue weighted by molar-refractivity contribution is 5.96. The van der Waals surface area contributed by atoms with Crippen LogP contribution in [0, 0.1) is 0 Å². The average molecular weight is 371 g/mol. The molecular weight excluding hydrogens is 354 g/mol. The number of anilines is 2.